The van der Waals surface area contributed by atoms with Crippen LogP contribution in [0.2, 0.25) is 0 Å². The van der Waals surface area contributed by atoms with Crippen molar-refractivity contribution < 1.29 is 18.6 Å². The van der Waals surface area contributed by atoms with Crippen molar-refractivity contribution in [3.8, 4) is 5.75 Å². The van der Waals surface area contributed by atoms with E-state index in [-0.39, 0.29) is 21.6 Å². The number of aliphatic hydroxyl groups is 1. The second-order valence-electron chi connectivity index (χ2n) is 7.21. The number of hydrogen-bond donors (Lipinski definition) is 2. The molecule has 0 spiro atoms. The lowest BCUT2D eigenvalue weighted by molar-refractivity contribution is 0.145. The van der Waals surface area contributed by atoms with Gasteiger partial charge in [-0.1, -0.05) is 18.2 Å². The predicted molar refractivity (Wildman–Crippen MR) is 107 cm³/mol. The summed E-state index contributed by atoms with van der Waals surface area (Å²) in [5.74, 6) is -0.272. The van der Waals surface area contributed by atoms with Crippen molar-refractivity contribution in [2.75, 3.05) is 18.0 Å². The molecule has 2 N–H and O–H groups in total. The van der Waals surface area contributed by atoms with Gasteiger partial charge in [0.05, 0.1) is 22.2 Å². The minimum atomic E-state index is -3.89. The van der Waals surface area contributed by atoms with Crippen molar-refractivity contribution in [2.24, 2.45) is 0 Å². The Morgan fingerprint density at radius 1 is 1.11 bits per heavy atom. The van der Waals surface area contributed by atoms with E-state index in [1.807, 2.05) is 18.2 Å². The minimum absolute atomic E-state index is 0.0483. The van der Waals surface area contributed by atoms with Gasteiger partial charge in [-0.25, -0.2) is 8.42 Å². The number of nitrogens with zero attached hydrogens (tertiary/aromatic N) is 2. The first-order chi connectivity index (χ1) is 13.4. The number of hydrogen-bond acceptors (Lipinski definition) is 6. The number of fused-ring (bicyclic) bond motifs is 1. The summed E-state index contributed by atoms with van der Waals surface area (Å²) < 4.78 is 26.1. The first-order valence-electron chi connectivity index (χ1n) is 9.23. The van der Waals surface area contributed by atoms with Gasteiger partial charge in [0.15, 0.2) is 0 Å². The molecule has 1 aliphatic heterocycles. The Hall–Kier alpha value is -2.64. The van der Waals surface area contributed by atoms with Crippen LogP contribution in [0, 0.1) is 6.92 Å². The van der Waals surface area contributed by atoms with Crippen molar-refractivity contribution in [2.45, 2.75) is 35.7 Å². The zero-order chi connectivity index (χ0) is 19.9. The highest BCUT2D eigenvalue weighted by Gasteiger charge is 2.24. The van der Waals surface area contributed by atoms with Crippen molar-refractivity contribution in [3.05, 3.63) is 54.2 Å². The van der Waals surface area contributed by atoms with Crippen LogP contribution >= 0.6 is 0 Å². The van der Waals surface area contributed by atoms with E-state index in [4.69, 9.17) is 0 Å². The maximum Gasteiger partial charge on any atom is 0.211 e. The van der Waals surface area contributed by atoms with E-state index in [1.54, 1.807) is 19.1 Å². The lowest BCUT2D eigenvalue weighted by atomic mass is 10.1. The Morgan fingerprint density at radius 3 is 2.61 bits per heavy atom. The fourth-order valence-electron chi connectivity index (χ4n) is 3.60. The molecule has 146 valence electrons. The first kappa shape index (κ1) is 18.7. The highest BCUT2D eigenvalue weighted by atomic mass is 32.2. The quantitative estimate of drug-likeness (QED) is 0.705. The molecule has 0 saturated carbocycles. The van der Waals surface area contributed by atoms with E-state index in [1.165, 1.54) is 18.3 Å². The van der Waals surface area contributed by atoms with Crippen LogP contribution in [0.4, 0.5) is 5.69 Å². The van der Waals surface area contributed by atoms with Crippen molar-refractivity contribution in [1.29, 1.82) is 0 Å². The summed E-state index contributed by atoms with van der Waals surface area (Å²) in [5.41, 5.74) is 2.41. The number of phenolic OH excluding ortho intramolecular Hbond substituents is 1. The van der Waals surface area contributed by atoms with Gasteiger partial charge in [-0.2, -0.15) is 0 Å². The molecule has 1 fully saturated rings. The van der Waals surface area contributed by atoms with Gasteiger partial charge >= 0.3 is 0 Å². The van der Waals surface area contributed by atoms with Crippen LogP contribution in [0.5, 0.6) is 5.75 Å². The van der Waals surface area contributed by atoms with Crippen LogP contribution < -0.4 is 4.90 Å². The number of pyridine rings is 1. The van der Waals surface area contributed by atoms with E-state index in [0.717, 1.165) is 35.2 Å². The first-order valence-corrected chi connectivity index (χ1v) is 10.7. The monoisotopic (exact) mass is 398 g/mol. The number of benzene rings is 2. The Morgan fingerprint density at radius 2 is 1.86 bits per heavy atom. The fourth-order valence-corrected chi connectivity index (χ4v) is 5.01. The largest absolute Gasteiger partial charge is 0.507 e. The standard InChI is InChI=1S/C21H22N2O4S/c1-14-5-6-19(25)20(11-14)28(26,27)17-12-15-3-2-4-18(21(15)22-13-17)23-9-7-16(24)8-10-23/h2-6,11-13,16,24-25H,7-10H2,1H3. The van der Waals surface area contributed by atoms with Gasteiger partial charge < -0.3 is 15.1 Å². The van der Waals surface area contributed by atoms with Crippen LogP contribution in [0.15, 0.2) is 58.5 Å². The molecule has 1 aliphatic rings. The van der Waals surface area contributed by atoms with Gasteiger partial charge in [0.25, 0.3) is 0 Å². The second-order valence-corrected chi connectivity index (χ2v) is 9.13. The highest BCUT2D eigenvalue weighted by Crippen LogP contribution is 2.33. The highest BCUT2D eigenvalue weighted by molar-refractivity contribution is 7.91. The lowest BCUT2D eigenvalue weighted by Gasteiger charge is -2.31. The number of phenols is 1. The zero-order valence-electron chi connectivity index (χ0n) is 15.5. The van der Waals surface area contributed by atoms with Crippen LogP contribution in [0.3, 0.4) is 0 Å². The maximum absolute atomic E-state index is 13.0. The molecule has 1 saturated heterocycles. The maximum atomic E-state index is 13.0. The predicted octanol–water partition coefficient (Wildman–Crippen LogP) is 3.04. The zero-order valence-corrected chi connectivity index (χ0v) is 16.4. The number of para-hydroxylation sites is 1. The summed E-state index contributed by atoms with van der Waals surface area (Å²) in [4.78, 5) is 6.56. The van der Waals surface area contributed by atoms with E-state index >= 15 is 0 Å². The topological polar surface area (TPSA) is 90.7 Å². The van der Waals surface area contributed by atoms with Crippen LogP contribution in [-0.4, -0.2) is 42.8 Å². The number of aromatic nitrogens is 1. The van der Waals surface area contributed by atoms with Crippen molar-refractivity contribution >= 4 is 26.4 Å². The summed E-state index contributed by atoms with van der Waals surface area (Å²) in [7, 11) is -3.89. The molecule has 4 rings (SSSR count). The second kappa shape index (κ2) is 7.07. The third kappa shape index (κ3) is 3.31. The lowest BCUT2D eigenvalue weighted by Crippen LogP contribution is -2.35. The van der Waals surface area contributed by atoms with E-state index in [9.17, 15) is 18.6 Å². The van der Waals surface area contributed by atoms with Crippen LogP contribution in [0.1, 0.15) is 18.4 Å². The summed E-state index contributed by atoms with van der Waals surface area (Å²) in [6, 6.07) is 11.8. The molecular formula is C21H22N2O4S. The average molecular weight is 398 g/mol. The van der Waals surface area contributed by atoms with Crippen LogP contribution in [-0.2, 0) is 9.84 Å². The summed E-state index contributed by atoms with van der Waals surface area (Å²) >= 11 is 0. The normalized spacial score (nSPS) is 15.9. The molecule has 6 nitrogen and oxygen atoms in total. The Labute approximate surface area is 164 Å². The van der Waals surface area contributed by atoms with Gasteiger partial charge in [0, 0.05) is 24.7 Å². The molecule has 1 aromatic heterocycles. The molecule has 7 heteroatoms. The smallest absolute Gasteiger partial charge is 0.211 e. The molecule has 0 radical (unpaired) electrons. The van der Waals surface area contributed by atoms with Crippen molar-refractivity contribution in [3.63, 3.8) is 0 Å². The third-order valence-corrected chi connectivity index (χ3v) is 6.93. The summed E-state index contributed by atoms with van der Waals surface area (Å²) in [6.45, 7) is 3.25. The number of sulfone groups is 1. The summed E-state index contributed by atoms with van der Waals surface area (Å²) in [5, 5.41) is 20.5. The van der Waals surface area contributed by atoms with Gasteiger partial charge in [0.2, 0.25) is 9.84 Å². The van der Waals surface area contributed by atoms with E-state index < -0.39 is 9.84 Å². The number of piperidine rings is 1. The molecule has 2 aromatic carbocycles. The van der Waals surface area contributed by atoms with Crippen molar-refractivity contribution in [1.82, 2.24) is 4.98 Å². The SMILES string of the molecule is Cc1ccc(O)c(S(=O)(=O)c2cnc3c(N4CCC(O)CC4)cccc3c2)c1. The number of anilines is 1. The molecular weight excluding hydrogens is 376 g/mol. The van der Waals surface area contributed by atoms with Crippen LogP contribution in [0.25, 0.3) is 10.9 Å². The van der Waals surface area contributed by atoms with Gasteiger partial charge in [-0.3, -0.25) is 4.98 Å². The molecule has 0 amide bonds. The fraction of sp³-hybridized carbons (Fsp3) is 0.286. The molecule has 0 atom stereocenters. The van der Waals surface area contributed by atoms with E-state index in [0.29, 0.717) is 12.8 Å². The minimum Gasteiger partial charge on any atom is -0.507 e. The number of aromatic hydroxyl groups is 1. The summed E-state index contributed by atoms with van der Waals surface area (Å²) in [6.07, 6.45) is 2.49. The van der Waals surface area contributed by atoms with Gasteiger partial charge in [0.1, 0.15) is 10.6 Å². The molecule has 2 heterocycles. The number of aryl methyl sites for hydroxylation is 1. The Bertz CT molecular complexity index is 1140. The van der Waals surface area contributed by atoms with E-state index in [2.05, 4.69) is 9.88 Å². The molecule has 0 aliphatic carbocycles. The molecule has 28 heavy (non-hydrogen) atoms. The number of rotatable bonds is 3. The van der Waals surface area contributed by atoms with Gasteiger partial charge in [-0.15, -0.1) is 0 Å². The Balaban J connectivity index is 1.77. The molecule has 3 aromatic rings. The Kier molecular flexibility index (Phi) is 4.72. The molecule has 0 bridgehead atoms. The van der Waals surface area contributed by atoms with Gasteiger partial charge in [-0.05, 0) is 49.6 Å². The molecule has 0 unspecified atom stereocenters. The third-order valence-electron chi connectivity index (χ3n) is 5.18. The average Bonchev–Trinajstić information content (AvgIpc) is 2.69. The number of aliphatic hydroxyl groups excluding tert-OH is 1.